The van der Waals surface area contributed by atoms with Crippen LogP contribution in [0.4, 0.5) is 11.4 Å². The zero-order valence-corrected chi connectivity index (χ0v) is 21.2. The molecule has 0 fully saturated rings. The number of hydrogen-bond donors (Lipinski definition) is 1. The molecule has 1 amide bonds. The van der Waals surface area contributed by atoms with Crippen LogP contribution < -0.4 is 14.8 Å². The van der Waals surface area contributed by atoms with Crippen LogP contribution in [-0.2, 0) is 4.79 Å². The maximum atomic E-state index is 12.4. The van der Waals surface area contributed by atoms with E-state index in [0.29, 0.717) is 44.1 Å². The Balaban J connectivity index is 1.81. The number of hydrogen-bond acceptors (Lipinski definition) is 6. The topological polar surface area (TPSA) is 114 Å². The van der Waals surface area contributed by atoms with Crippen LogP contribution in [0.5, 0.6) is 11.5 Å². The van der Waals surface area contributed by atoms with Gasteiger partial charge < -0.3 is 14.8 Å². The molecular formula is C26H22IN3O5. The van der Waals surface area contributed by atoms with Crippen LogP contribution in [0.2, 0.25) is 0 Å². The first-order chi connectivity index (χ1) is 16.8. The van der Waals surface area contributed by atoms with Crippen molar-refractivity contribution in [2.24, 2.45) is 0 Å². The van der Waals surface area contributed by atoms with E-state index in [4.69, 9.17) is 9.47 Å². The molecule has 0 aliphatic rings. The van der Waals surface area contributed by atoms with E-state index in [0.717, 1.165) is 5.56 Å². The lowest BCUT2D eigenvalue weighted by molar-refractivity contribution is -0.384. The summed E-state index contributed by atoms with van der Waals surface area (Å²) in [7, 11) is 0. The van der Waals surface area contributed by atoms with Crippen LogP contribution in [-0.4, -0.2) is 24.0 Å². The number of allylic oxidation sites excluding steroid dienone is 1. The summed E-state index contributed by atoms with van der Waals surface area (Å²) in [4.78, 5) is 22.8. The van der Waals surface area contributed by atoms with Crippen molar-refractivity contribution in [2.45, 2.75) is 13.8 Å². The minimum absolute atomic E-state index is 0.0489. The molecule has 0 unspecified atom stereocenters. The fourth-order valence-electron chi connectivity index (χ4n) is 3.16. The van der Waals surface area contributed by atoms with Crippen molar-refractivity contribution in [1.82, 2.24) is 0 Å². The van der Waals surface area contributed by atoms with Crippen molar-refractivity contribution in [3.05, 3.63) is 91.0 Å². The summed E-state index contributed by atoms with van der Waals surface area (Å²) in [6, 6.07) is 18.9. The average molecular weight is 583 g/mol. The Morgan fingerprint density at radius 2 is 1.83 bits per heavy atom. The van der Waals surface area contributed by atoms with Gasteiger partial charge in [-0.2, -0.15) is 5.26 Å². The van der Waals surface area contributed by atoms with Crippen molar-refractivity contribution in [3.63, 3.8) is 0 Å². The van der Waals surface area contributed by atoms with Crippen LogP contribution in [0, 0.1) is 31.9 Å². The summed E-state index contributed by atoms with van der Waals surface area (Å²) in [6.45, 7) is 3.98. The molecule has 178 valence electrons. The summed E-state index contributed by atoms with van der Waals surface area (Å²) in [5, 5.41) is 23.3. The number of nitro benzene ring substituents is 1. The number of aryl methyl sites for hydroxylation is 1. The summed E-state index contributed by atoms with van der Waals surface area (Å²) in [5.74, 6) is 0.563. The van der Waals surface area contributed by atoms with Crippen molar-refractivity contribution < 1.29 is 19.2 Å². The lowest BCUT2D eigenvalue weighted by Crippen LogP contribution is -2.20. The summed E-state index contributed by atoms with van der Waals surface area (Å²) < 4.78 is 12.2. The van der Waals surface area contributed by atoms with Gasteiger partial charge in [0, 0.05) is 17.8 Å². The molecule has 1 N–H and O–H groups in total. The first-order valence-corrected chi connectivity index (χ1v) is 11.7. The third kappa shape index (κ3) is 7.04. The normalized spacial score (nSPS) is 10.9. The Bertz CT molecular complexity index is 1300. The second-order valence-corrected chi connectivity index (χ2v) is 8.60. The zero-order valence-electron chi connectivity index (χ0n) is 19.1. The molecule has 3 rings (SSSR count). The van der Waals surface area contributed by atoms with Gasteiger partial charge in [-0.25, -0.2) is 0 Å². The van der Waals surface area contributed by atoms with Gasteiger partial charge in [0.05, 0.1) is 26.7 Å². The summed E-state index contributed by atoms with van der Waals surface area (Å²) in [5.41, 5.74) is 3.30. The van der Waals surface area contributed by atoms with Gasteiger partial charge in [-0.1, -0.05) is 17.7 Å². The number of anilines is 1. The van der Waals surface area contributed by atoms with Gasteiger partial charge in [-0.05, 0) is 90.0 Å². The van der Waals surface area contributed by atoms with Gasteiger partial charge in [0.25, 0.3) is 11.6 Å². The van der Waals surface area contributed by atoms with E-state index in [1.807, 2.05) is 38.1 Å². The summed E-state index contributed by atoms with van der Waals surface area (Å²) >= 11 is 2.09. The van der Waals surface area contributed by atoms with Crippen molar-refractivity contribution in [3.8, 4) is 17.6 Å². The van der Waals surface area contributed by atoms with E-state index >= 15 is 0 Å². The first kappa shape index (κ1) is 25.7. The number of nitro groups is 1. The quantitative estimate of drug-likeness (QED) is 0.109. The molecule has 9 heteroatoms. The molecule has 3 aromatic carbocycles. The molecule has 8 nitrogen and oxygen atoms in total. The Morgan fingerprint density at radius 3 is 2.43 bits per heavy atom. The molecule has 3 aromatic rings. The zero-order chi connectivity index (χ0) is 25.4. The largest absolute Gasteiger partial charge is 0.490 e. The molecule has 0 aliphatic carbocycles. The Hall–Kier alpha value is -3.91. The van der Waals surface area contributed by atoms with E-state index in [-0.39, 0.29) is 18.2 Å². The van der Waals surface area contributed by atoms with Crippen LogP contribution >= 0.6 is 22.6 Å². The van der Waals surface area contributed by atoms with E-state index in [2.05, 4.69) is 34.0 Å². The number of nitrogens with one attached hydrogen (secondary N) is 1. The van der Waals surface area contributed by atoms with Crippen LogP contribution in [0.3, 0.4) is 0 Å². The number of benzene rings is 3. The van der Waals surface area contributed by atoms with Gasteiger partial charge in [-0.3, -0.25) is 14.9 Å². The van der Waals surface area contributed by atoms with E-state index in [1.165, 1.54) is 24.3 Å². The number of ether oxygens (including phenoxy) is 2. The predicted molar refractivity (Wildman–Crippen MR) is 142 cm³/mol. The highest BCUT2D eigenvalue weighted by Gasteiger charge is 2.15. The lowest BCUT2D eigenvalue weighted by atomic mass is 10.0. The second-order valence-electron chi connectivity index (χ2n) is 7.44. The number of nitrogens with zero attached hydrogens (tertiary/aromatic N) is 2. The van der Waals surface area contributed by atoms with E-state index in [1.54, 1.807) is 18.2 Å². The molecule has 0 radical (unpaired) electrons. The Labute approximate surface area is 216 Å². The predicted octanol–water partition coefficient (Wildman–Crippen LogP) is 5.99. The molecule has 35 heavy (non-hydrogen) atoms. The molecule has 0 spiro atoms. The molecular weight excluding hydrogens is 561 g/mol. The highest BCUT2D eigenvalue weighted by molar-refractivity contribution is 14.1. The van der Waals surface area contributed by atoms with Crippen molar-refractivity contribution in [1.29, 1.82) is 5.26 Å². The molecule has 0 aliphatic heterocycles. The average Bonchev–Trinajstić information content (AvgIpc) is 2.83. The number of carbonyl (C=O) groups is 1. The number of halogens is 1. The van der Waals surface area contributed by atoms with Crippen LogP contribution in [0.25, 0.3) is 11.6 Å². The minimum atomic E-state index is -0.490. The monoisotopic (exact) mass is 583 g/mol. The van der Waals surface area contributed by atoms with Gasteiger partial charge in [0.2, 0.25) is 0 Å². The number of non-ortho nitro benzene ring substituents is 1. The number of carbonyl (C=O) groups excluding carboxylic acids is 1. The fourth-order valence-corrected chi connectivity index (χ4v) is 3.94. The number of rotatable bonds is 9. The highest BCUT2D eigenvalue weighted by atomic mass is 127. The third-order valence-corrected chi connectivity index (χ3v) is 5.64. The van der Waals surface area contributed by atoms with Gasteiger partial charge >= 0.3 is 0 Å². The fraction of sp³-hybridized carbons (Fsp3) is 0.154. The molecule has 0 atom stereocenters. The number of nitriles is 1. The Morgan fingerprint density at radius 1 is 1.14 bits per heavy atom. The van der Waals surface area contributed by atoms with Crippen LogP contribution in [0.15, 0.2) is 60.7 Å². The molecule has 0 saturated carbocycles. The smallest absolute Gasteiger partial charge is 0.269 e. The van der Waals surface area contributed by atoms with Gasteiger partial charge in [0.1, 0.15) is 0 Å². The van der Waals surface area contributed by atoms with Gasteiger partial charge in [0.15, 0.2) is 18.1 Å². The standard InChI is InChI=1S/C26H22IN3O5/c1-3-34-24-14-18(12-20(15-28)19-6-10-22(11-7-19)30(32)33)13-23(27)26(24)35-16-25(31)29-21-8-4-17(2)5-9-21/h4-14H,3,16H2,1-2H3,(H,29,31)/b20-12-. The SMILES string of the molecule is CCOc1cc(/C=C(/C#N)c2ccc([N+](=O)[O-])cc2)cc(I)c1OCC(=O)Nc1ccc(C)cc1. The lowest BCUT2D eigenvalue weighted by Gasteiger charge is -2.15. The molecule has 0 bridgehead atoms. The second kappa shape index (κ2) is 12.0. The van der Waals surface area contributed by atoms with Crippen molar-refractivity contribution >= 4 is 51.5 Å². The maximum Gasteiger partial charge on any atom is 0.269 e. The van der Waals surface area contributed by atoms with Crippen LogP contribution in [0.1, 0.15) is 23.6 Å². The Kier molecular flexibility index (Phi) is 8.80. The summed E-state index contributed by atoms with van der Waals surface area (Å²) in [6.07, 6.45) is 1.67. The third-order valence-electron chi connectivity index (χ3n) is 4.84. The highest BCUT2D eigenvalue weighted by Crippen LogP contribution is 2.35. The van der Waals surface area contributed by atoms with Crippen molar-refractivity contribution in [2.75, 3.05) is 18.5 Å². The minimum Gasteiger partial charge on any atom is -0.490 e. The van der Waals surface area contributed by atoms with E-state index < -0.39 is 4.92 Å². The van der Waals surface area contributed by atoms with Gasteiger partial charge in [-0.15, -0.1) is 0 Å². The number of amides is 1. The molecule has 0 heterocycles. The van der Waals surface area contributed by atoms with E-state index in [9.17, 15) is 20.2 Å². The molecule has 0 aromatic heterocycles. The maximum absolute atomic E-state index is 12.4. The first-order valence-electron chi connectivity index (χ1n) is 10.6. The molecule has 0 saturated heterocycles.